The number of fused-ring (bicyclic) bond motifs is 2. The molecule has 1 saturated heterocycles. The average Bonchev–Trinajstić information content (AvgIpc) is 3.55. The molecule has 8 nitrogen and oxygen atoms in total. The molecule has 0 bridgehead atoms. The summed E-state index contributed by atoms with van der Waals surface area (Å²) >= 11 is 0. The molecule has 178 valence electrons. The predicted octanol–water partition coefficient (Wildman–Crippen LogP) is 4.07. The lowest BCUT2D eigenvalue weighted by molar-refractivity contribution is 0.102. The van der Waals surface area contributed by atoms with Gasteiger partial charge in [0.05, 0.1) is 11.9 Å². The maximum absolute atomic E-state index is 12.6. The van der Waals surface area contributed by atoms with Crippen molar-refractivity contribution in [2.24, 2.45) is 0 Å². The fourth-order valence-electron chi connectivity index (χ4n) is 4.70. The number of hydrogen-bond donors (Lipinski definition) is 2. The summed E-state index contributed by atoms with van der Waals surface area (Å²) in [7, 11) is 0. The second-order valence-corrected chi connectivity index (χ2v) is 8.89. The number of piperidine rings is 1. The predicted molar refractivity (Wildman–Crippen MR) is 134 cm³/mol. The Hall–Kier alpha value is -4.04. The Morgan fingerprint density at radius 1 is 1.00 bits per heavy atom. The zero-order valence-electron chi connectivity index (χ0n) is 19.3. The normalized spacial score (nSPS) is 15.5. The van der Waals surface area contributed by atoms with Crippen LogP contribution in [0.2, 0.25) is 0 Å². The van der Waals surface area contributed by atoms with Gasteiger partial charge in [0.15, 0.2) is 11.5 Å². The third-order valence-electron chi connectivity index (χ3n) is 6.69. The van der Waals surface area contributed by atoms with Crippen LogP contribution in [0.25, 0.3) is 5.65 Å². The van der Waals surface area contributed by atoms with E-state index in [-0.39, 0.29) is 12.7 Å². The van der Waals surface area contributed by atoms with Crippen LogP contribution in [-0.4, -0.2) is 41.2 Å². The van der Waals surface area contributed by atoms with E-state index < -0.39 is 0 Å². The van der Waals surface area contributed by atoms with Crippen LogP contribution in [0.3, 0.4) is 0 Å². The van der Waals surface area contributed by atoms with E-state index in [0.29, 0.717) is 23.1 Å². The summed E-state index contributed by atoms with van der Waals surface area (Å²) in [5, 5.41) is 6.66. The van der Waals surface area contributed by atoms with E-state index in [0.717, 1.165) is 43.8 Å². The standard InChI is InChI=1S/C27H27N5O3/c33-27(19-4-9-24-25(15-19)35-18-34-24)30-21-5-7-22(8-6-21)31-13-10-20(11-14-31)28-16-23-17-29-26-3-1-2-12-32(23)26/h1-9,12,15,17,20,28H,10-11,13-14,16,18H2,(H,30,33). The van der Waals surface area contributed by atoms with Crippen LogP contribution in [-0.2, 0) is 6.54 Å². The lowest BCUT2D eigenvalue weighted by atomic mass is 10.0. The molecule has 1 amide bonds. The number of benzene rings is 2. The highest BCUT2D eigenvalue weighted by Gasteiger charge is 2.20. The first-order chi connectivity index (χ1) is 17.2. The molecule has 0 saturated carbocycles. The van der Waals surface area contributed by atoms with Gasteiger partial charge in [0, 0.05) is 48.8 Å². The maximum atomic E-state index is 12.6. The molecule has 1 fully saturated rings. The van der Waals surface area contributed by atoms with Crippen molar-refractivity contribution in [1.82, 2.24) is 14.7 Å². The van der Waals surface area contributed by atoms with Crippen LogP contribution >= 0.6 is 0 Å². The number of anilines is 2. The number of rotatable bonds is 6. The summed E-state index contributed by atoms with van der Waals surface area (Å²) in [5.74, 6) is 1.10. The van der Waals surface area contributed by atoms with Crippen molar-refractivity contribution in [2.75, 3.05) is 30.1 Å². The number of pyridine rings is 1. The molecule has 0 unspecified atom stereocenters. The first-order valence-corrected chi connectivity index (χ1v) is 11.9. The summed E-state index contributed by atoms with van der Waals surface area (Å²) in [6.07, 6.45) is 6.17. The third-order valence-corrected chi connectivity index (χ3v) is 6.69. The van der Waals surface area contributed by atoms with Crippen molar-refractivity contribution in [3.8, 4) is 11.5 Å². The molecule has 2 aromatic heterocycles. The van der Waals surface area contributed by atoms with E-state index in [1.54, 1.807) is 18.2 Å². The van der Waals surface area contributed by atoms with Gasteiger partial charge in [0.25, 0.3) is 5.91 Å². The van der Waals surface area contributed by atoms with Crippen LogP contribution in [0.1, 0.15) is 28.9 Å². The minimum Gasteiger partial charge on any atom is -0.454 e. The Morgan fingerprint density at radius 2 is 1.83 bits per heavy atom. The largest absolute Gasteiger partial charge is 0.454 e. The Kier molecular flexibility index (Phi) is 5.71. The third kappa shape index (κ3) is 4.52. The topological polar surface area (TPSA) is 80.1 Å². The van der Waals surface area contributed by atoms with Gasteiger partial charge in [-0.25, -0.2) is 4.98 Å². The van der Waals surface area contributed by atoms with Gasteiger partial charge in [0.1, 0.15) is 5.65 Å². The average molecular weight is 470 g/mol. The molecule has 35 heavy (non-hydrogen) atoms. The first-order valence-electron chi connectivity index (χ1n) is 11.9. The van der Waals surface area contributed by atoms with Gasteiger partial charge in [-0.1, -0.05) is 6.07 Å². The smallest absolute Gasteiger partial charge is 0.255 e. The number of imidazole rings is 1. The van der Waals surface area contributed by atoms with Crippen LogP contribution in [0.15, 0.2) is 73.1 Å². The number of amides is 1. The lowest BCUT2D eigenvalue weighted by Crippen LogP contribution is -2.42. The number of carbonyl (C=O) groups is 1. The SMILES string of the molecule is O=C(Nc1ccc(N2CCC(NCc3cnc4ccccn34)CC2)cc1)c1ccc2c(c1)OCO2. The summed E-state index contributed by atoms with van der Waals surface area (Å²) in [4.78, 5) is 19.5. The lowest BCUT2D eigenvalue weighted by Gasteiger charge is -2.34. The summed E-state index contributed by atoms with van der Waals surface area (Å²) in [5.41, 5.74) is 4.64. The Morgan fingerprint density at radius 3 is 2.69 bits per heavy atom. The molecular weight excluding hydrogens is 442 g/mol. The van der Waals surface area contributed by atoms with Gasteiger partial charge in [-0.15, -0.1) is 0 Å². The van der Waals surface area contributed by atoms with E-state index in [4.69, 9.17) is 9.47 Å². The Labute approximate surface area is 203 Å². The second-order valence-electron chi connectivity index (χ2n) is 8.89. The quantitative estimate of drug-likeness (QED) is 0.443. The molecule has 0 atom stereocenters. The van der Waals surface area contributed by atoms with Crippen LogP contribution in [0.5, 0.6) is 11.5 Å². The van der Waals surface area contributed by atoms with E-state index in [2.05, 4.69) is 43.2 Å². The number of hydrogen-bond acceptors (Lipinski definition) is 6. The molecule has 6 rings (SSSR count). The second kappa shape index (κ2) is 9.31. The van der Waals surface area contributed by atoms with Gasteiger partial charge >= 0.3 is 0 Å². The van der Waals surface area contributed by atoms with Gasteiger partial charge in [-0.3, -0.25) is 4.79 Å². The summed E-state index contributed by atoms with van der Waals surface area (Å²) in [6.45, 7) is 2.99. The Balaban J connectivity index is 1.01. The zero-order chi connectivity index (χ0) is 23.6. The number of nitrogens with one attached hydrogen (secondary N) is 2. The molecular formula is C27H27N5O3. The molecule has 4 aromatic rings. The van der Waals surface area contributed by atoms with Crippen molar-refractivity contribution >= 4 is 22.9 Å². The number of nitrogens with zero attached hydrogens (tertiary/aromatic N) is 3. The fourth-order valence-corrected chi connectivity index (χ4v) is 4.70. The minimum atomic E-state index is -0.172. The van der Waals surface area contributed by atoms with Crippen molar-refractivity contribution in [2.45, 2.75) is 25.4 Å². The molecule has 4 heterocycles. The van der Waals surface area contributed by atoms with E-state index >= 15 is 0 Å². The van der Waals surface area contributed by atoms with Crippen molar-refractivity contribution < 1.29 is 14.3 Å². The summed E-state index contributed by atoms with van der Waals surface area (Å²) in [6, 6.07) is 19.8. The molecule has 2 aliphatic heterocycles. The highest BCUT2D eigenvalue weighted by atomic mass is 16.7. The fraction of sp³-hybridized carbons (Fsp3) is 0.259. The van der Waals surface area contributed by atoms with E-state index in [9.17, 15) is 4.79 Å². The molecule has 2 N–H and O–H groups in total. The van der Waals surface area contributed by atoms with Gasteiger partial charge < -0.3 is 29.4 Å². The van der Waals surface area contributed by atoms with Gasteiger partial charge in [-0.2, -0.15) is 0 Å². The van der Waals surface area contributed by atoms with E-state index in [1.165, 1.54) is 11.4 Å². The van der Waals surface area contributed by atoms with Crippen LogP contribution in [0, 0.1) is 0 Å². The molecule has 0 radical (unpaired) electrons. The maximum Gasteiger partial charge on any atom is 0.255 e. The minimum absolute atomic E-state index is 0.172. The van der Waals surface area contributed by atoms with Crippen molar-refractivity contribution in [3.63, 3.8) is 0 Å². The van der Waals surface area contributed by atoms with Crippen LogP contribution in [0.4, 0.5) is 11.4 Å². The number of ether oxygens (including phenoxy) is 2. The van der Waals surface area contributed by atoms with E-state index in [1.807, 2.05) is 36.5 Å². The molecule has 0 spiro atoms. The molecule has 0 aliphatic carbocycles. The van der Waals surface area contributed by atoms with Gasteiger partial charge in [0.2, 0.25) is 6.79 Å². The number of aromatic nitrogens is 2. The van der Waals surface area contributed by atoms with Crippen molar-refractivity contribution in [1.29, 1.82) is 0 Å². The highest BCUT2D eigenvalue weighted by Crippen LogP contribution is 2.32. The molecule has 8 heteroatoms. The monoisotopic (exact) mass is 469 g/mol. The number of carbonyl (C=O) groups excluding carboxylic acids is 1. The highest BCUT2D eigenvalue weighted by molar-refractivity contribution is 6.04. The zero-order valence-corrected chi connectivity index (χ0v) is 19.3. The molecule has 2 aromatic carbocycles. The Bertz CT molecular complexity index is 1340. The van der Waals surface area contributed by atoms with Gasteiger partial charge in [-0.05, 0) is 67.4 Å². The summed E-state index contributed by atoms with van der Waals surface area (Å²) < 4.78 is 12.8. The van der Waals surface area contributed by atoms with Crippen LogP contribution < -0.4 is 25.0 Å². The van der Waals surface area contributed by atoms with Crippen molar-refractivity contribution in [3.05, 3.63) is 84.3 Å². The molecule has 2 aliphatic rings. The first kappa shape index (κ1) is 21.5.